The molecule has 4 aromatic carbocycles. The Morgan fingerprint density at radius 2 is 0.821 bits per heavy atom. The smallest absolute Gasteiger partial charge is 0.249 e. The molecule has 2 saturated heterocycles. The van der Waals surface area contributed by atoms with Gasteiger partial charge in [-0.2, -0.15) is 8.61 Å². The number of thiazole rings is 2. The van der Waals surface area contributed by atoms with Gasteiger partial charge in [-0.15, -0.1) is 22.7 Å². The number of piperazine rings is 2. The van der Waals surface area contributed by atoms with Gasteiger partial charge >= 0.3 is 0 Å². The third-order valence-corrected chi connectivity index (χ3v) is 16.3. The van der Waals surface area contributed by atoms with Crippen LogP contribution in [0.3, 0.4) is 0 Å². The molecule has 0 atom stereocenters. The van der Waals surface area contributed by atoms with E-state index in [0.29, 0.717) is 31.2 Å². The van der Waals surface area contributed by atoms with Crippen LogP contribution in [0.2, 0.25) is 0 Å². The molecule has 0 spiro atoms. The Balaban J connectivity index is 0.000000199. The second kappa shape index (κ2) is 20.1. The van der Waals surface area contributed by atoms with Crippen molar-refractivity contribution < 1.29 is 65.5 Å². The van der Waals surface area contributed by atoms with Crippen LogP contribution in [-0.2, 0) is 26.5 Å². The summed E-state index contributed by atoms with van der Waals surface area (Å²) < 4.78 is 194. The van der Waals surface area contributed by atoms with Gasteiger partial charge in [-0.05, 0) is 43.2 Å². The van der Waals surface area contributed by atoms with Gasteiger partial charge in [0.2, 0.25) is 31.7 Å². The number of ether oxygens (including phenoxy) is 1. The van der Waals surface area contributed by atoms with Gasteiger partial charge in [0.1, 0.15) is 5.75 Å². The lowest BCUT2D eigenvalue weighted by atomic mass is 10.1. The van der Waals surface area contributed by atoms with Gasteiger partial charge in [0.05, 0.1) is 18.0 Å². The van der Waals surface area contributed by atoms with Gasteiger partial charge in [0.15, 0.2) is 66.6 Å². The molecule has 8 rings (SSSR count). The van der Waals surface area contributed by atoms with Crippen molar-refractivity contribution in [2.24, 2.45) is 0 Å². The highest BCUT2D eigenvalue weighted by Crippen LogP contribution is 2.34. The average molecular weight is 1020 g/mol. The molecule has 2 fully saturated rings. The van der Waals surface area contributed by atoms with Gasteiger partial charge in [0, 0.05) is 74.2 Å². The highest BCUT2D eigenvalue weighted by Gasteiger charge is 2.40. The van der Waals surface area contributed by atoms with Crippen LogP contribution >= 0.6 is 22.7 Å². The summed E-state index contributed by atoms with van der Waals surface area (Å²) in [6.45, 7) is 4.13. The molecule has 2 aromatic heterocycles. The molecule has 0 unspecified atom stereocenters. The molecule has 11 nitrogen and oxygen atoms in total. The van der Waals surface area contributed by atoms with Crippen LogP contribution in [0.15, 0.2) is 69.1 Å². The molecule has 0 N–H and O–H groups in total. The zero-order valence-electron chi connectivity index (χ0n) is 35.0. The van der Waals surface area contributed by atoms with E-state index in [0.717, 1.165) is 29.0 Å². The molecular formula is C42H36F10N6O5S4. The number of halogens is 10. The SMILES string of the molecule is CCOc1ccc(-c2csc(N3CCN(S(=O)(=O)c4c(F)c(F)c(F)c(F)c4F)CC3)n2)cc1.CCc1ccc(-c2csc(N3CCN(S(=O)(=O)c4c(F)c(F)c(F)c(F)c4F)CC3)n2)cc1. The fourth-order valence-electron chi connectivity index (χ4n) is 7.00. The molecule has 4 heterocycles. The lowest BCUT2D eigenvalue weighted by molar-refractivity contribution is 0.340. The van der Waals surface area contributed by atoms with Gasteiger partial charge < -0.3 is 14.5 Å². The standard InChI is InChI=1S/C21H18F5N3O3S2.C21H18F5N3O2S2/c1-2-32-13-5-3-12(4-6-13)14-11-33-21(27-14)28-7-9-29(10-8-28)34(30,31)20-18(25)16(23)15(22)17(24)19(20)26;1-2-12-3-5-13(6-4-12)14-11-32-21(27-14)28-7-9-29(10-8-28)33(30,31)20-18(25)16(23)15(22)17(24)19(20)26/h3-6,11H,2,7-10H2,1H3;3-6,11H,2,7-10H2,1H3. The highest BCUT2D eigenvalue weighted by molar-refractivity contribution is 7.89. The minimum atomic E-state index is -4.96. The van der Waals surface area contributed by atoms with Gasteiger partial charge in [-0.25, -0.2) is 70.7 Å². The quantitative estimate of drug-likeness (QED) is 0.0713. The van der Waals surface area contributed by atoms with Gasteiger partial charge in [-0.3, -0.25) is 0 Å². The fraction of sp³-hybridized carbons (Fsp3) is 0.286. The Kier molecular flexibility index (Phi) is 14.9. The minimum Gasteiger partial charge on any atom is -0.494 e. The van der Waals surface area contributed by atoms with Crippen LogP contribution in [0.5, 0.6) is 5.75 Å². The highest BCUT2D eigenvalue weighted by atomic mass is 32.2. The molecule has 6 aromatic rings. The van der Waals surface area contributed by atoms with E-state index in [1.54, 1.807) is 9.80 Å². The third kappa shape index (κ3) is 9.84. The summed E-state index contributed by atoms with van der Waals surface area (Å²) in [6, 6.07) is 15.3. The first-order valence-corrected chi connectivity index (χ1v) is 24.7. The van der Waals surface area contributed by atoms with Crippen LogP contribution in [0.4, 0.5) is 54.2 Å². The molecule has 2 aliphatic heterocycles. The van der Waals surface area contributed by atoms with Crippen molar-refractivity contribution in [1.82, 2.24) is 18.6 Å². The van der Waals surface area contributed by atoms with E-state index in [1.807, 2.05) is 66.2 Å². The monoisotopic (exact) mass is 1020 g/mol. The molecule has 25 heteroatoms. The number of aromatic nitrogens is 2. The first-order valence-electron chi connectivity index (χ1n) is 20.1. The van der Waals surface area contributed by atoms with E-state index >= 15 is 0 Å². The zero-order chi connectivity index (χ0) is 48.5. The minimum absolute atomic E-state index is 0.116. The number of sulfonamides is 2. The van der Waals surface area contributed by atoms with E-state index in [9.17, 15) is 60.7 Å². The number of hydrogen-bond donors (Lipinski definition) is 0. The van der Waals surface area contributed by atoms with Crippen molar-refractivity contribution in [1.29, 1.82) is 0 Å². The Bertz CT molecular complexity index is 2940. The Morgan fingerprint density at radius 3 is 1.15 bits per heavy atom. The van der Waals surface area contributed by atoms with Crippen LogP contribution in [0.1, 0.15) is 19.4 Å². The first kappa shape index (κ1) is 49.6. The zero-order valence-corrected chi connectivity index (χ0v) is 38.2. The number of rotatable bonds is 11. The fourth-order valence-corrected chi connectivity index (χ4v) is 11.8. The maximum atomic E-state index is 14.1. The van der Waals surface area contributed by atoms with Crippen LogP contribution in [0, 0.1) is 58.2 Å². The van der Waals surface area contributed by atoms with Crippen molar-refractivity contribution in [2.75, 3.05) is 68.8 Å². The van der Waals surface area contributed by atoms with Crippen LogP contribution in [0.25, 0.3) is 22.5 Å². The number of benzene rings is 4. The summed E-state index contributed by atoms with van der Waals surface area (Å²) >= 11 is 2.70. The van der Waals surface area contributed by atoms with E-state index in [2.05, 4.69) is 16.9 Å². The molecule has 0 bridgehead atoms. The molecular weight excluding hydrogens is 987 g/mol. The van der Waals surface area contributed by atoms with Crippen molar-refractivity contribution in [3.63, 3.8) is 0 Å². The summed E-state index contributed by atoms with van der Waals surface area (Å²) in [4.78, 5) is 9.06. The normalized spacial score (nSPS) is 15.2. The van der Waals surface area contributed by atoms with Crippen LogP contribution in [-0.4, -0.2) is 94.4 Å². The predicted octanol–water partition coefficient (Wildman–Crippen LogP) is 8.99. The number of aryl methyl sites for hydroxylation is 1. The lowest BCUT2D eigenvalue weighted by Gasteiger charge is -2.33. The predicted molar refractivity (Wildman–Crippen MR) is 230 cm³/mol. The number of nitrogens with zero attached hydrogens (tertiary/aromatic N) is 6. The van der Waals surface area contributed by atoms with Gasteiger partial charge in [0.25, 0.3) is 0 Å². The molecule has 358 valence electrons. The van der Waals surface area contributed by atoms with E-state index in [1.165, 1.54) is 28.2 Å². The van der Waals surface area contributed by atoms with E-state index in [-0.39, 0.29) is 52.4 Å². The number of anilines is 2. The maximum Gasteiger partial charge on any atom is 0.249 e. The average Bonchev–Trinajstić information content (AvgIpc) is 4.04. The van der Waals surface area contributed by atoms with E-state index < -0.39 is 88.0 Å². The van der Waals surface area contributed by atoms with Gasteiger partial charge in [-0.1, -0.05) is 31.2 Å². The summed E-state index contributed by atoms with van der Waals surface area (Å²) in [7, 11) is -9.90. The molecule has 0 radical (unpaired) electrons. The lowest BCUT2D eigenvalue weighted by Crippen LogP contribution is -2.49. The Labute approximate surface area is 385 Å². The summed E-state index contributed by atoms with van der Waals surface area (Å²) in [5, 5.41) is 4.95. The summed E-state index contributed by atoms with van der Waals surface area (Å²) in [5.74, 6) is -22.8. The molecule has 0 aliphatic carbocycles. The van der Waals surface area contributed by atoms with Crippen molar-refractivity contribution >= 4 is 53.0 Å². The Morgan fingerprint density at radius 1 is 0.493 bits per heavy atom. The second-order valence-corrected chi connectivity index (χ2v) is 20.0. The summed E-state index contributed by atoms with van der Waals surface area (Å²) in [5.41, 5.74) is 4.45. The molecule has 2 aliphatic rings. The van der Waals surface area contributed by atoms with Crippen LogP contribution < -0.4 is 14.5 Å². The molecule has 0 amide bonds. The topological polar surface area (TPSA) is 116 Å². The second-order valence-electron chi connectivity index (χ2n) is 14.6. The van der Waals surface area contributed by atoms with Crippen molar-refractivity contribution in [2.45, 2.75) is 30.1 Å². The molecule has 0 saturated carbocycles. The maximum absolute atomic E-state index is 14.1. The van der Waals surface area contributed by atoms with E-state index in [4.69, 9.17) is 4.74 Å². The Hall–Kier alpha value is -5.34. The first-order chi connectivity index (χ1) is 31.8. The number of hydrogen-bond acceptors (Lipinski definition) is 11. The summed E-state index contributed by atoms with van der Waals surface area (Å²) in [6.07, 6.45) is 0.917. The van der Waals surface area contributed by atoms with Crippen molar-refractivity contribution in [3.8, 4) is 28.3 Å². The third-order valence-electron chi connectivity index (χ3n) is 10.7. The molecule has 67 heavy (non-hydrogen) atoms. The van der Waals surface area contributed by atoms with Crippen molar-refractivity contribution in [3.05, 3.63) is 123 Å². The largest absolute Gasteiger partial charge is 0.494 e.